The molecular formula is C21H20ClFN2O2S. The highest BCUT2D eigenvalue weighted by atomic mass is 35.5. The zero-order chi connectivity index (χ0) is 19.8. The molecule has 0 aliphatic carbocycles. The number of unbranched alkanes of at least 4 members (excludes halogenated alkanes) is 1. The molecule has 0 bridgehead atoms. The zero-order valence-corrected chi connectivity index (χ0v) is 16.7. The van der Waals surface area contributed by atoms with E-state index in [2.05, 4.69) is 10.3 Å². The number of ether oxygens (including phenoxy) is 1. The van der Waals surface area contributed by atoms with Gasteiger partial charge in [0.25, 0.3) is 0 Å². The third-order valence-electron chi connectivity index (χ3n) is 3.97. The number of thiazole rings is 1. The van der Waals surface area contributed by atoms with Gasteiger partial charge in [-0.1, -0.05) is 29.8 Å². The van der Waals surface area contributed by atoms with Crippen molar-refractivity contribution in [2.24, 2.45) is 0 Å². The van der Waals surface area contributed by atoms with Gasteiger partial charge < -0.3 is 10.1 Å². The molecule has 0 spiro atoms. The van der Waals surface area contributed by atoms with Crippen LogP contribution in [0.5, 0.6) is 5.75 Å². The van der Waals surface area contributed by atoms with Gasteiger partial charge in [0.2, 0.25) is 5.91 Å². The van der Waals surface area contributed by atoms with E-state index in [9.17, 15) is 9.18 Å². The number of carbonyl (C=O) groups excluding carboxylic acids is 1. The smallest absolute Gasteiger partial charge is 0.226 e. The summed E-state index contributed by atoms with van der Waals surface area (Å²) in [4.78, 5) is 16.6. The average molecular weight is 419 g/mol. The molecule has 1 N–H and O–H groups in total. The van der Waals surface area contributed by atoms with Crippen LogP contribution in [0.3, 0.4) is 0 Å². The van der Waals surface area contributed by atoms with Crippen LogP contribution in [0.1, 0.15) is 18.5 Å². The molecule has 3 aromatic rings. The summed E-state index contributed by atoms with van der Waals surface area (Å²) in [6.07, 6.45) is 1.84. The van der Waals surface area contributed by atoms with E-state index < -0.39 is 0 Å². The van der Waals surface area contributed by atoms with Crippen molar-refractivity contribution >= 4 is 28.8 Å². The fraction of sp³-hybridized carbons (Fsp3) is 0.238. The van der Waals surface area contributed by atoms with E-state index in [0.717, 1.165) is 29.1 Å². The molecule has 1 aromatic heterocycles. The molecule has 0 saturated heterocycles. The first-order valence-electron chi connectivity index (χ1n) is 8.96. The SMILES string of the molecule is O=C(Cc1csc(-c2ccccc2Cl)n1)NCCCCOc1ccc(F)cc1. The van der Waals surface area contributed by atoms with Crippen LogP contribution < -0.4 is 10.1 Å². The molecule has 0 saturated carbocycles. The Hall–Kier alpha value is -2.44. The van der Waals surface area contributed by atoms with Gasteiger partial charge in [-0.2, -0.15) is 0 Å². The third-order valence-corrected chi connectivity index (χ3v) is 5.23. The molecule has 28 heavy (non-hydrogen) atoms. The quantitative estimate of drug-likeness (QED) is 0.490. The lowest BCUT2D eigenvalue weighted by atomic mass is 10.2. The molecule has 0 fully saturated rings. The Balaban J connectivity index is 1.35. The maximum absolute atomic E-state index is 12.8. The molecule has 7 heteroatoms. The number of amides is 1. The van der Waals surface area contributed by atoms with Crippen molar-refractivity contribution in [2.75, 3.05) is 13.2 Å². The summed E-state index contributed by atoms with van der Waals surface area (Å²) in [5.74, 6) is 0.299. The molecule has 2 aromatic carbocycles. The van der Waals surface area contributed by atoms with Gasteiger partial charge in [-0.05, 0) is 43.2 Å². The van der Waals surface area contributed by atoms with Gasteiger partial charge in [-0.15, -0.1) is 11.3 Å². The summed E-state index contributed by atoms with van der Waals surface area (Å²) in [6, 6.07) is 13.5. The van der Waals surface area contributed by atoms with Crippen LogP contribution >= 0.6 is 22.9 Å². The normalized spacial score (nSPS) is 10.6. The Morgan fingerprint density at radius 1 is 1.14 bits per heavy atom. The molecule has 4 nitrogen and oxygen atoms in total. The lowest BCUT2D eigenvalue weighted by Gasteiger charge is -2.07. The summed E-state index contributed by atoms with van der Waals surface area (Å²) >= 11 is 7.67. The molecule has 0 unspecified atom stereocenters. The summed E-state index contributed by atoms with van der Waals surface area (Å²) in [7, 11) is 0. The Labute approximate surface area is 172 Å². The second kappa shape index (κ2) is 10.2. The number of carbonyl (C=O) groups is 1. The minimum Gasteiger partial charge on any atom is -0.494 e. The number of nitrogens with zero attached hydrogens (tertiary/aromatic N) is 1. The molecule has 1 heterocycles. The maximum atomic E-state index is 12.8. The molecule has 1 amide bonds. The highest BCUT2D eigenvalue weighted by Gasteiger charge is 2.10. The van der Waals surface area contributed by atoms with Crippen molar-refractivity contribution in [3.63, 3.8) is 0 Å². The molecule has 0 atom stereocenters. The maximum Gasteiger partial charge on any atom is 0.226 e. The van der Waals surface area contributed by atoms with E-state index >= 15 is 0 Å². The van der Waals surface area contributed by atoms with Crippen molar-refractivity contribution in [2.45, 2.75) is 19.3 Å². The van der Waals surface area contributed by atoms with Crippen LogP contribution in [0.4, 0.5) is 4.39 Å². The van der Waals surface area contributed by atoms with Gasteiger partial charge in [-0.25, -0.2) is 9.37 Å². The molecule has 0 radical (unpaired) electrons. The summed E-state index contributed by atoms with van der Waals surface area (Å²) < 4.78 is 18.3. The fourth-order valence-corrected chi connectivity index (χ4v) is 3.69. The molecular weight excluding hydrogens is 399 g/mol. The van der Waals surface area contributed by atoms with Crippen LogP contribution in [-0.2, 0) is 11.2 Å². The third kappa shape index (κ3) is 6.04. The summed E-state index contributed by atoms with van der Waals surface area (Å²) in [5.41, 5.74) is 1.61. The van der Waals surface area contributed by atoms with E-state index in [0.29, 0.717) is 23.9 Å². The van der Waals surface area contributed by atoms with Crippen LogP contribution in [0.2, 0.25) is 5.02 Å². The van der Waals surface area contributed by atoms with Crippen LogP contribution in [0, 0.1) is 5.82 Å². The van der Waals surface area contributed by atoms with Crippen molar-refractivity contribution in [1.82, 2.24) is 10.3 Å². The monoisotopic (exact) mass is 418 g/mol. The Bertz CT molecular complexity index is 915. The lowest BCUT2D eigenvalue weighted by Crippen LogP contribution is -2.26. The number of halogens is 2. The van der Waals surface area contributed by atoms with E-state index in [1.54, 1.807) is 12.1 Å². The second-order valence-corrected chi connectivity index (χ2v) is 7.43. The molecule has 146 valence electrons. The van der Waals surface area contributed by atoms with Crippen LogP contribution in [0.25, 0.3) is 10.6 Å². The predicted octanol–water partition coefficient (Wildman–Crippen LogP) is 5.12. The van der Waals surface area contributed by atoms with Gasteiger partial charge >= 0.3 is 0 Å². The van der Waals surface area contributed by atoms with Crippen molar-refractivity contribution < 1.29 is 13.9 Å². The number of aromatic nitrogens is 1. The van der Waals surface area contributed by atoms with E-state index in [1.807, 2.05) is 29.6 Å². The second-order valence-electron chi connectivity index (χ2n) is 6.16. The van der Waals surface area contributed by atoms with E-state index in [-0.39, 0.29) is 18.1 Å². The summed E-state index contributed by atoms with van der Waals surface area (Å²) in [6.45, 7) is 1.10. The van der Waals surface area contributed by atoms with Crippen molar-refractivity contribution in [1.29, 1.82) is 0 Å². The summed E-state index contributed by atoms with van der Waals surface area (Å²) in [5, 5.41) is 6.24. The van der Waals surface area contributed by atoms with Gasteiger partial charge in [0.15, 0.2) is 0 Å². The highest BCUT2D eigenvalue weighted by molar-refractivity contribution is 7.13. The number of hydrogen-bond donors (Lipinski definition) is 1. The predicted molar refractivity (Wildman–Crippen MR) is 110 cm³/mol. The minimum absolute atomic E-state index is 0.0598. The van der Waals surface area contributed by atoms with Gasteiger partial charge in [0.05, 0.1) is 23.7 Å². The largest absolute Gasteiger partial charge is 0.494 e. The first kappa shape index (κ1) is 20.3. The molecule has 0 aliphatic heterocycles. The van der Waals surface area contributed by atoms with Crippen molar-refractivity contribution in [3.8, 4) is 16.3 Å². The standard InChI is InChI=1S/C21H20ClFN2O2S/c22-19-6-2-1-5-18(19)21-25-16(14-28-21)13-20(26)24-11-3-4-12-27-17-9-7-15(23)8-10-17/h1-2,5-10,14H,3-4,11-13H2,(H,24,26). The van der Waals surface area contributed by atoms with E-state index in [4.69, 9.17) is 16.3 Å². The van der Waals surface area contributed by atoms with Gasteiger partial charge in [0.1, 0.15) is 16.6 Å². The minimum atomic E-state index is -0.283. The Kier molecular flexibility index (Phi) is 7.39. The Morgan fingerprint density at radius 3 is 2.71 bits per heavy atom. The zero-order valence-electron chi connectivity index (χ0n) is 15.2. The lowest BCUT2D eigenvalue weighted by molar-refractivity contribution is -0.120. The van der Waals surface area contributed by atoms with E-state index in [1.165, 1.54) is 23.5 Å². The van der Waals surface area contributed by atoms with Crippen molar-refractivity contribution in [3.05, 3.63) is 70.4 Å². The first-order chi connectivity index (χ1) is 13.6. The number of hydrogen-bond acceptors (Lipinski definition) is 4. The average Bonchev–Trinajstić information content (AvgIpc) is 3.14. The highest BCUT2D eigenvalue weighted by Crippen LogP contribution is 2.30. The topological polar surface area (TPSA) is 51.2 Å². The number of rotatable bonds is 9. The first-order valence-corrected chi connectivity index (χ1v) is 10.2. The molecule has 0 aliphatic rings. The fourth-order valence-electron chi connectivity index (χ4n) is 2.55. The van der Waals surface area contributed by atoms with Gasteiger partial charge in [-0.3, -0.25) is 4.79 Å². The molecule has 3 rings (SSSR count). The number of nitrogens with one attached hydrogen (secondary N) is 1. The van der Waals surface area contributed by atoms with Crippen LogP contribution in [-0.4, -0.2) is 24.0 Å². The van der Waals surface area contributed by atoms with Gasteiger partial charge in [0, 0.05) is 17.5 Å². The Morgan fingerprint density at radius 2 is 1.93 bits per heavy atom. The number of benzene rings is 2. The van der Waals surface area contributed by atoms with Crippen LogP contribution in [0.15, 0.2) is 53.9 Å².